The van der Waals surface area contributed by atoms with Gasteiger partial charge in [-0.15, -0.1) is 0 Å². The first-order valence-corrected chi connectivity index (χ1v) is 9.66. The Morgan fingerprint density at radius 2 is 1.75 bits per heavy atom. The lowest BCUT2D eigenvalue weighted by atomic mass is 9.98. The molecule has 148 valence electrons. The zero-order valence-electron chi connectivity index (χ0n) is 16.2. The van der Waals surface area contributed by atoms with Crippen LogP contribution >= 0.6 is 0 Å². The number of piperidine rings is 1. The molecule has 0 radical (unpaired) electrons. The minimum atomic E-state index is -0.217. The molecule has 3 rings (SSSR count). The number of carbonyl (C=O) groups is 2. The van der Waals surface area contributed by atoms with E-state index in [4.69, 9.17) is 4.74 Å². The van der Waals surface area contributed by atoms with Crippen molar-refractivity contribution in [3.05, 3.63) is 60.2 Å². The smallest absolute Gasteiger partial charge is 0.258 e. The monoisotopic (exact) mass is 381 g/mol. The van der Waals surface area contributed by atoms with Crippen LogP contribution < -0.4 is 20.3 Å². The molecule has 1 aliphatic rings. The van der Waals surface area contributed by atoms with Crippen LogP contribution in [0.25, 0.3) is 0 Å². The number of methoxy groups -OCH3 is 1. The number of anilines is 1. The molecular weight excluding hydrogens is 354 g/mol. The summed E-state index contributed by atoms with van der Waals surface area (Å²) in [5.74, 6) is 0.810. The normalized spacial score (nSPS) is 14.3. The third-order valence-corrected chi connectivity index (χ3v) is 5.00. The molecule has 2 amide bonds. The first-order valence-electron chi connectivity index (χ1n) is 9.66. The van der Waals surface area contributed by atoms with Gasteiger partial charge in [0, 0.05) is 17.8 Å². The van der Waals surface area contributed by atoms with Crippen molar-refractivity contribution >= 4 is 17.5 Å². The predicted molar refractivity (Wildman–Crippen MR) is 110 cm³/mol. The van der Waals surface area contributed by atoms with E-state index in [1.807, 2.05) is 30.3 Å². The van der Waals surface area contributed by atoms with Crippen LogP contribution in [0.1, 0.15) is 23.2 Å². The quantitative estimate of drug-likeness (QED) is 0.773. The highest BCUT2D eigenvalue weighted by atomic mass is 16.5. The highest BCUT2D eigenvalue weighted by Crippen LogP contribution is 2.19. The second-order valence-electron chi connectivity index (χ2n) is 6.95. The molecule has 0 spiro atoms. The van der Waals surface area contributed by atoms with Crippen molar-refractivity contribution in [1.82, 2.24) is 10.6 Å². The molecule has 0 aromatic heterocycles. The number of para-hydroxylation sites is 1. The summed E-state index contributed by atoms with van der Waals surface area (Å²) < 4.78 is 5.15. The van der Waals surface area contributed by atoms with Gasteiger partial charge in [0.2, 0.25) is 5.91 Å². The van der Waals surface area contributed by atoms with Crippen LogP contribution in [0, 0.1) is 5.92 Å². The molecule has 1 fully saturated rings. The molecule has 0 atom stereocenters. The molecule has 6 heteroatoms. The van der Waals surface area contributed by atoms with E-state index in [1.54, 1.807) is 31.4 Å². The van der Waals surface area contributed by atoms with Crippen molar-refractivity contribution in [1.29, 1.82) is 0 Å². The van der Waals surface area contributed by atoms with E-state index in [0.717, 1.165) is 25.9 Å². The van der Waals surface area contributed by atoms with Crippen LogP contribution in [0.15, 0.2) is 54.6 Å². The minimum Gasteiger partial charge on any atom is -0.497 e. The molecule has 0 saturated carbocycles. The minimum absolute atomic E-state index is 0.0140. The summed E-state index contributed by atoms with van der Waals surface area (Å²) in [4.78, 5) is 27.2. The van der Waals surface area contributed by atoms with Gasteiger partial charge in [0.1, 0.15) is 12.3 Å². The lowest BCUT2D eigenvalue weighted by Gasteiger charge is -2.25. The van der Waals surface area contributed by atoms with Gasteiger partial charge in [-0.2, -0.15) is 0 Å². The zero-order valence-corrected chi connectivity index (χ0v) is 16.2. The lowest BCUT2D eigenvalue weighted by Crippen LogP contribution is -2.43. The van der Waals surface area contributed by atoms with E-state index in [1.165, 1.54) is 4.90 Å². The summed E-state index contributed by atoms with van der Waals surface area (Å²) in [7, 11) is 1.58. The Kier molecular flexibility index (Phi) is 7.03. The van der Waals surface area contributed by atoms with Crippen LogP contribution in [0.3, 0.4) is 0 Å². The van der Waals surface area contributed by atoms with Gasteiger partial charge in [0.05, 0.1) is 7.11 Å². The van der Waals surface area contributed by atoms with E-state index in [-0.39, 0.29) is 18.4 Å². The molecule has 2 aromatic carbocycles. The fourth-order valence-corrected chi connectivity index (χ4v) is 3.32. The molecule has 0 unspecified atom stereocenters. The van der Waals surface area contributed by atoms with Crippen molar-refractivity contribution in [3.8, 4) is 5.75 Å². The molecule has 0 bridgehead atoms. The molecule has 2 N–H and O–H groups in total. The van der Waals surface area contributed by atoms with Crippen LogP contribution in [-0.4, -0.2) is 45.1 Å². The summed E-state index contributed by atoms with van der Waals surface area (Å²) in [5.41, 5.74) is 1.20. The molecular formula is C22H27N3O3. The fourth-order valence-electron chi connectivity index (χ4n) is 3.32. The average Bonchev–Trinajstić information content (AvgIpc) is 2.77. The SMILES string of the molecule is COc1ccc(C(=O)N(CC(=O)NCC2CCNCC2)c2ccccc2)cc1. The highest BCUT2D eigenvalue weighted by Gasteiger charge is 2.21. The number of hydrogen-bond donors (Lipinski definition) is 2. The maximum Gasteiger partial charge on any atom is 0.258 e. The summed E-state index contributed by atoms with van der Waals surface area (Å²) in [6.07, 6.45) is 2.13. The molecule has 0 aliphatic carbocycles. The Hall–Kier alpha value is -2.86. The molecule has 1 saturated heterocycles. The van der Waals surface area contributed by atoms with E-state index in [0.29, 0.717) is 29.5 Å². The Morgan fingerprint density at radius 3 is 2.39 bits per heavy atom. The molecule has 1 aliphatic heterocycles. The summed E-state index contributed by atoms with van der Waals surface area (Å²) in [6.45, 7) is 2.62. The van der Waals surface area contributed by atoms with E-state index >= 15 is 0 Å². The number of hydrogen-bond acceptors (Lipinski definition) is 4. The second-order valence-corrected chi connectivity index (χ2v) is 6.95. The summed E-state index contributed by atoms with van der Waals surface area (Å²) >= 11 is 0. The first-order chi connectivity index (χ1) is 13.7. The molecule has 28 heavy (non-hydrogen) atoms. The molecule has 2 aromatic rings. The number of amides is 2. The van der Waals surface area contributed by atoms with Gasteiger partial charge < -0.3 is 15.4 Å². The highest BCUT2D eigenvalue weighted by molar-refractivity contribution is 6.08. The van der Waals surface area contributed by atoms with Gasteiger partial charge in [0.25, 0.3) is 5.91 Å². The van der Waals surface area contributed by atoms with Gasteiger partial charge in [-0.3, -0.25) is 14.5 Å². The number of benzene rings is 2. The Bertz CT molecular complexity index is 771. The van der Waals surface area contributed by atoms with E-state index in [2.05, 4.69) is 10.6 Å². The topological polar surface area (TPSA) is 70.7 Å². The van der Waals surface area contributed by atoms with Crippen molar-refractivity contribution < 1.29 is 14.3 Å². The predicted octanol–water partition coefficient (Wildman–Crippen LogP) is 2.46. The second kappa shape index (κ2) is 9.90. The summed E-state index contributed by atoms with van der Waals surface area (Å²) in [5, 5.41) is 6.32. The van der Waals surface area contributed by atoms with Gasteiger partial charge in [-0.1, -0.05) is 18.2 Å². The number of nitrogens with zero attached hydrogens (tertiary/aromatic N) is 1. The maximum atomic E-state index is 13.1. The zero-order chi connectivity index (χ0) is 19.8. The number of carbonyl (C=O) groups excluding carboxylic acids is 2. The van der Waals surface area contributed by atoms with Gasteiger partial charge in [-0.25, -0.2) is 0 Å². The van der Waals surface area contributed by atoms with Crippen molar-refractivity contribution in [2.75, 3.05) is 38.2 Å². The Morgan fingerprint density at radius 1 is 1.07 bits per heavy atom. The Labute approximate surface area is 165 Å². The van der Waals surface area contributed by atoms with Crippen LogP contribution in [0.4, 0.5) is 5.69 Å². The molecule has 6 nitrogen and oxygen atoms in total. The van der Waals surface area contributed by atoms with Crippen LogP contribution in [0.5, 0.6) is 5.75 Å². The van der Waals surface area contributed by atoms with Crippen LogP contribution in [0.2, 0.25) is 0 Å². The largest absolute Gasteiger partial charge is 0.497 e. The summed E-state index contributed by atoms with van der Waals surface area (Å²) in [6, 6.07) is 16.2. The number of ether oxygens (including phenoxy) is 1. The Balaban J connectivity index is 1.69. The number of rotatable bonds is 7. The van der Waals surface area contributed by atoms with Crippen LogP contribution in [-0.2, 0) is 4.79 Å². The van der Waals surface area contributed by atoms with E-state index < -0.39 is 0 Å². The number of nitrogens with one attached hydrogen (secondary N) is 2. The van der Waals surface area contributed by atoms with Gasteiger partial charge in [-0.05, 0) is 68.2 Å². The van der Waals surface area contributed by atoms with Crippen molar-refractivity contribution in [3.63, 3.8) is 0 Å². The van der Waals surface area contributed by atoms with Gasteiger partial charge in [0.15, 0.2) is 0 Å². The maximum absolute atomic E-state index is 13.1. The third-order valence-electron chi connectivity index (χ3n) is 5.00. The third kappa shape index (κ3) is 5.33. The average molecular weight is 381 g/mol. The lowest BCUT2D eigenvalue weighted by molar-refractivity contribution is -0.119. The van der Waals surface area contributed by atoms with E-state index in [9.17, 15) is 9.59 Å². The fraction of sp³-hybridized carbons (Fsp3) is 0.364. The first kappa shape index (κ1) is 19.9. The van der Waals surface area contributed by atoms with Crippen molar-refractivity contribution in [2.24, 2.45) is 5.92 Å². The molecule has 1 heterocycles. The van der Waals surface area contributed by atoms with Crippen molar-refractivity contribution in [2.45, 2.75) is 12.8 Å². The standard InChI is InChI=1S/C22H27N3O3/c1-28-20-9-7-18(8-10-20)22(27)25(19-5-3-2-4-6-19)16-21(26)24-15-17-11-13-23-14-12-17/h2-10,17,23H,11-16H2,1H3,(H,24,26). The van der Waals surface area contributed by atoms with Gasteiger partial charge >= 0.3 is 0 Å².